The van der Waals surface area contributed by atoms with Crippen molar-refractivity contribution in [1.29, 1.82) is 0 Å². The molecule has 2 aromatic rings. The fraction of sp³-hybridized carbons (Fsp3) is 0.231. The van der Waals surface area contributed by atoms with Crippen LogP contribution in [0.5, 0.6) is 0 Å². The number of fused-ring (bicyclic) bond motifs is 1. The van der Waals surface area contributed by atoms with Gasteiger partial charge in [0.1, 0.15) is 10.5 Å². The number of halogens is 1. The third-order valence-electron chi connectivity index (χ3n) is 2.91. The van der Waals surface area contributed by atoms with Crippen molar-refractivity contribution < 1.29 is 0 Å². The van der Waals surface area contributed by atoms with Crippen LogP contribution >= 0.6 is 35.6 Å². The van der Waals surface area contributed by atoms with Gasteiger partial charge in [-0.3, -0.25) is 0 Å². The van der Waals surface area contributed by atoms with Crippen LogP contribution in [0.2, 0.25) is 5.02 Å². The quantitative estimate of drug-likeness (QED) is 0.844. The van der Waals surface area contributed by atoms with Crippen LogP contribution in [-0.2, 0) is 17.9 Å². The van der Waals surface area contributed by atoms with Gasteiger partial charge in [-0.1, -0.05) is 36.0 Å². The minimum absolute atomic E-state index is 0.738. The van der Waals surface area contributed by atoms with Crippen LogP contribution in [0.15, 0.2) is 24.3 Å². The first-order chi connectivity index (χ1) is 8.72. The molecule has 0 spiro atoms. The van der Waals surface area contributed by atoms with E-state index in [1.54, 1.807) is 0 Å². The smallest absolute Gasteiger partial charge is 0.134 e. The maximum atomic E-state index is 5.98. The van der Waals surface area contributed by atoms with Gasteiger partial charge in [-0.2, -0.15) is 11.8 Å². The maximum Gasteiger partial charge on any atom is 0.134 e. The molecule has 0 bridgehead atoms. The Bertz CT molecular complexity index is 652. The summed E-state index contributed by atoms with van der Waals surface area (Å²) in [4.78, 5) is 7.86. The first-order valence-electron chi connectivity index (χ1n) is 5.65. The highest BCUT2D eigenvalue weighted by Crippen LogP contribution is 2.28. The Balaban J connectivity index is 1.94. The van der Waals surface area contributed by atoms with Gasteiger partial charge in [-0.25, -0.2) is 4.98 Å². The van der Waals surface area contributed by atoms with Crippen LogP contribution in [0, 0.1) is 4.64 Å². The van der Waals surface area contributed by atoms with E-state index in [1.807, 2.05) is 36.0 Å². The second-order valence-corrected chi connectivity index (χ2v) is 6.05. The Labute approximate surface area is 120 Å². The number of aromatic nitrogens is 2. The zero-order valence-corrected chi connectivity index (χ0v) is 12.0. The Kier molecular flexibility index (Phi) is 3.41. The van der Waals surface area contributed by atoms with Gasteiger partial charge in [-0.15, -0.1) is 0 Å². The van der Waals surface area contributed by atoms with Gasteiger partial charge in [-0.05, 0) is 17.7 Å². The molecule has 0 saturated carbocycles. The molecule has 0 fully saturated rings. The minimum Gasteiger partial charge on any atom is -0.346 e. The second kappa shape index (κ2) is 5.03. The number of nitrogens with zero attached hydrogens (tertiary/aromatic N) is 1. The zero-order chi connectivity index (χ0) is 12.5. The zero-order valence-electron chi connectivity index (χ0n) is 9.57. The summed E-state index contributed by atoms with van der Waals surface area (Å²) in [5, 5.41) is 0.753. The van der Waals surface area contributed by atoms with E-state index in [0.29, 0.717) is 0 Å². The molecule has 1 aromatic heterocycles. The Morgan fingerprint density at radius 3 is 3.11 bits per heavy atom. The standard InChI is InChI=1S/C13H11ClN2S2/c14-9-3-1-2-8(4-9)5-12-15-11-7-18-6-10(11)13(17)16-12/h1-4H,5-7H2,(H,15,16,17). The molecule has 1 aliphatic rings. The predicted molar refractivity (Wildman–Crippen MR) is 78.7 cm³/mol. The van der Waals surface area contributed by atoms with Crippen LogP contribution in [-0.4, -0.2) is 9.97 Å². The van der Waals surface area contributed by atoms with E-state index in [-0.39, 0.29) is 0 Å². The lowest BCUT2D eigenvalue weighted by Crippen LogP contribution is -2.02. The Morgan fingerprint density at radius 2 is 2.28 bits per heavy atom. The van der Waals surface area contributed by atoms with Crippen molar-refractivity contribution in [3.63, 3.8) is 0 Å². The van der Waals surface area contributed by atoms with Gasteiger partial charge in [0.25, 0.3) is 0 Å². The minimum atomic E-state index is 0.738. The third-order valence-corrected chi connectivity index (χ3v) is 4.47. The Morgan fingerprint density at radius 1 is 1.39 bits per heavy atom. The molecule has 1 aliphatic heterocycles. The largest absolute Gasteiger partial charge is 0.346 e. The van der Waals surface area contributed by atoms with Crippen LogP contribution in [0.1, 0.15) is 22.6 Å². The maximum absolute atomic E-state index is 5.98. The highest BCUT2D eigenvalue weighted by atomic mass is 35.5. The lowest BCUT2D eigenvalue weighted by atomic mass is 10.1. The van der Waals surface area contributed by atoms with E-state index in [0.717, 1.165) is 39.0 Å². The lowest BCUT2D eigenvalue weighted by molar-refractivity contribution is 0.919. The summed E-state index contributed by atoms with van der Waals surface area (Å²) in [5.41, 5.74) is 3.58. The first-order valence-corrected chi connectivity index (χ1v) is 7.59. The van der Waals surface area contributed by atoms with E-state index in [2.05, 4.69) is 9.97 Å². The average Bonchev–Trinajstić information content (AvgIpc) is 2.77. The molecular weight excluding hydrogens is 284 g/mol. The number of hydrogen-bond donors (Lipinski definition) is 1. The van der Waals surface area contributed by atoms with Crippen molar-refractivity contribution in [2.45, 2.75) is 17.9 Å². The van der Waals surface area contributed by atoms with E-state index < -0.39 is 0 Å². The van der Waals surface area contributed by atoms with E-state index in [9.17, 15) is 0 Å². The fourth-order valence-corrected chi connectivity index (χ4v) is 3.73. The normalized spacial score (nSPS) is 13.6. The van der Waals surface area contributed by atoms with E-state index >= 15 is 0 Å². The van der Waals surface area contributed by atoms with Crippen LogP contribution < -0.4 is 0 Å². The molecule has 0 amide bonds. The SMILES string of the molecule is S=c1nc(Cc2cccc(Cl)c2)[nH]c2c1CSC2. The van der Waals surface area contributed by atoms with Crippen molar-refractivity contribution >= 4 is 35.6 Å². The third kappa shape index (κ3) is 2.46. The predicted octanol–water partition coefficient (Wildman–Crippen LogP) is 4.13. The van der Waals surface area contributed by atoms with E-state index in [4.69, 9.17) is 23.8 Å². The molecule has 92 valence electrons. The molecule has 0 saturated heterocycles. The molecule has 2 nitrogen and oxygen atoms in total. The number of hydrogen-bond acceptors (Lipinski definition) is 3. The summed E-state index contributed by atoms with van der Waals surface area (Å²) < 4.78 is 0.741. The number of benzene rings is 1. The average molecular weight is 295 g/mol. The molecule has 0 atom stereocenters. The molecule has 2 heterocycles. The number of rotatable bonds is 2. The number of thioether (sulfide) groups is 1. The highest BCUT2D eigenvalue weighted by molar-refractivity contribution is 7.98. The van der Waals surface area contributed by atoms with Gasteiger partial charge in [0.2, 0.25) is 0 Å². The highest BCUT2D eigenvalue weighted by Gasteiger charge is 2.15. The number of aromatic amines is 1. The molecular formula is C13H11ClN2S2. The van der Waals surface area contributed by atoms with Gasteiger partial charge >= 0.3 is 0 Å². The molecule has 18 heavy (non-hydrogen) atoms. The number of H-pyrrole nitrogens is 1. The fourth-order valence-electron chi connectivity index (χ4n) is 2.05. The van der Waals surface area contributed by atoms with Gasteiger partial charge in [0, 0.05) is 34.2 Å². The first kappa shape index (κ1) is 12.2. The summed E-state index contributed by atoms with van der Waals surface area (Å²) in [6, 6.07) is 7.84. The van der Waals surface area contributed by atoms with Crippen molar-refractivity contribution in [2.24, 2.45) is 0 Å². The van der Waals surface area contributed by atoms with Gasteiger partial charge in [0.15, 0.2) is 0 Å². The summed E-state index contributed by atoms with van der Waals surface area (Å²) in [5.74, 6) is 2.91. The molecule has 0 unspecified atom stereocenters. The monoisotopic (exact) mass is 294 g/mol. The van der Waals surface area contributed by atoms with Gasteiger partial charge in [0.05, 0.1) is 0 Å². The van der Waals surface area contributed by atoms with Crippen LogP contribution in [0.4, 0.5) is 0 Å². The second-order valence-electron chi connectivity index (χ2n) is 4.25. The summed E-state index contributed by atoms with van der Waals surface area (Å²) in [7, 11) is 0. The van der Waals surface area contributed by atoms with Crippen molar-refractivity contribution in [1.82, 2.24) is 9.97 Å². The van der Waals surface area contributed by atoms with Crippen molar-refractivity contribution in [3.05, 3.63) is 56.6 Å². The molecule has 1 N–H and O–H groups in total. The molecule has 1 aromatic carbocycles. The summed E-state index contributed by atoms with van der Waals surface area (Å²) >= 11 is 13.2. The molecule has 0 aliphatic carbocycles. The van der Waals surface area contributed by atoms with Crippen LogP contribution in [0.25, 0.3) is 0 Å². The molecule has 3 rings (SSSR count). The topological polar surface area (TPSA) is 28.7 Å². The van der Waals surface area contributed by atoms with E-state index in [1.165, 1.54) is 11.3 Å². The Hall–Kier alpha value is -0.840. The molecule has 0 radical (unpaired) electrons. The molecule has 5 heteroatoms. The summed E-state index contributed by atoms with van der Waals surface area (Å²) in [6.45, 7) is 0. The number of nitrogens with one attached hydrogen (secondary N) is 1. The lowest BCUT2D eigenvalue weighted by Gasteiger charge is -2.05. The van der Waals surface area contributed by atoms with Gasteiger partial charge < -0.3 is 4.98 Å². The van der Waals surface area contributed by atoms with Crippen molar-refractivity contribution in [2.75, 3.05) is 0 Å². The van der Waals surface area contributed by atoms with Crippen LogP contribution in [0.3, 0.4) is 0 Å². The summed E-state index contributed by atoms with van der Waals surface area (Å²) in [6.07, 6.45) is 0.738. The van der Waals surface area contributed by atoms with Crippen molar-refractivity contribution in [3.8, 4) is 0 Å².